The molecule has 88 valence electrons. The number of carbonyl (C=O) groups is 1. The second kappa shape index (κ2) is 10.1. The molecule has 0 spiro atoms. The fourth-order valence-corrected chi connectivity index (χ4v) is 1.48. The van der Waals surface area contributed by atoms with Crippen molar-refractivity contribution in [3.63, 3.8) is 0 Å². The van der Waals surface area contributed by atoms with Crippen molar-refractivity contribution in [1.29, 1.82) is 0 Å². The van der Waals surface area contributed by atoms with Crippen LogP contribution in [0.15, 0.2) is 12.7 Å². The zero-order valence-electron chi connectivity index (χ0n) is 9.71. The van der Waals surface area contributed by atoms with Crippen molar-refractivity contribution in [2.45, 2.75) is 26.3 Å². The van der Waals surface area contributed by atoms with Gasteiger partial charge >= 0.3 is 0 Å². The highest BCUT2D eigenvalue weighted by molar-refractivity contribution is 7.99. The van der Waals surface area contributed by atoms with E-state index in [2.05, 4.69) is 31.1 Å². The summed E-state index contributed by atoms with van der Waals surface area (Å²) in [7, 11) is 0. The molecule has 0 bridgehead atoms. The fourth-order valence-electron chi connectivity index (χ4n) is 0.903. The van der Waals surface area contributed by atoms with Crippen molar-refractivity contribution in [2.24, 2.45) is 0 Å². The maximum atomic E-state index is 11.3. The smallest absolute Gasteiger partial charge is 0.233 e. The summed E-state index contributed by atoms with van der Waals surface area (Å²) in [4.78, 5) is 11.3. The van der Waals surface area contributed by atoms with E-state index in [0.29, 0.717) is 12.6 Å². The van der Waals surface area contributed by atoms with Gasteiger partial charge in [-0.15, -0.1) is 6.58 Å². The molecule has 0 radical (unpaired) electrons. The van der Waals surface area contributed by atoms with Crippen LogP contribution < -0.4 is 10.6 Å². The minimum atomic E-state index is 0.0782. The van der Waals surface area contributed by atoms with Gasteiger partial charge in [-0.3, -0.25) is 4.79 Å². The molecule has 0 aromatic heterocycles. The highest BCUT2D eigenvalue weighted by Crippen LogP contribution is 1.96. The van der Waals surface area contributed by atoms with E-state index >= 15 is 0 Å². The van der Waals surface area contributed by atoms with E-state index in [1.165, 1.54) is 0 Å². The molecule has 0 aliphatic carbocycles. The normalized spacial score (nSPS) is 12.1. The molecule has 0 fully saturated rings. The summed E-state index contributed by atoms with van der Waals surface area (Å²) in [6.07, 6.45) is 2.92. The van der Waals surface area contributed by atoms with Crippen molar-refractivity contribution in [3.8, 4) is 0 Å². The first-order chi connectivity index (χ1) is 7.20. The van der Waals surface area contributed by atoms with E-state index in [1.807, 2.05) is 6.08 Å². The van der Waals surface area contributed by atoms with E-state index in [-0.39, 0.29) is 5.91 Å². The lowest BCUT2D eigenvalue weighted by Gasteiger charge is -2.10. The van der Waals surface area contributed by atoms with Crippen molar-refractivity contribution in [3.05, 3.63) is 12.7 Å². The Balaban J connectivity index is 3.29. The Labute approximate surface area is 97.1 Å². The van der Waals surface area contributed by atoms with Crippen molar-refractivity contribution >= 4 is 17.7 Å². The molecule has 4 heteroatoms. The molecule has 1 unspecified atom stereocenters. The Morgan fingerprint density at radius 1 is 1.60 bits per heavy atom. The van der Waals surface area contributed by atoms with Gasteiger partial charge in [-0.05, 0) is 13.3 Å². The highest BCUT2D eigenvalue weighted by atomic mass is 32.2. The molecule has 1 atom stereocenters. The van der Waals surface area contributed by atoms with Crippen molar-refractivity contribution in [2.75, 3.05) is 24.6 Å². The lowest BCUT2D eigenvalue weighted by Crippen LogP contribution is -2.38. The summed E-state index contributed by atoms with van der Waals surface area (Å²) >= 11 is 1.77. The van der Waals surface area contributed by atoms with Crippen LogP contribution in [-0.2, 0) is 4.79 Å². The van der Waals surface area contributed by atoms with Gasteiger partial charge in [0.2, 0.25) is 5.91 Å². The summed E-state index contributed by atoms with van der Waals surface area (Å²) in [6.45, 7) is 8.96. The summed E-state index contributed by atoms with van der Waals surface area (Å²) in [5.74, 6) is 1.97. The molecule has 0 aromatic rings. The summed E-state index contributed by atoms with van der Waals surface area (Å²) in [5.41, 5.74) is 0. The van der Waals surface area contributed by atoms with Crippen LogP contribution in [0.5, 0.6) is 0 Å². The monoisotopic (exact) mass is 230 g/mol. The Morgan fingerprint density at radius 3 is 2.93 bits per heavy atom. The van der Waals surface area contributed by atoms with Crippen LogP contribution in [0.2, 0.25) is 0 Å². The van der Waals surface area contributed by atoms with Gasteiger partial charge in [0.05, 0.1) is 6.54 Å². The highest BCUT2D eigenvalue weighted by Gasteiger charge is 2.02. The molecule has 3 nitrogen and oxygen atoms in total. The van der Waals surface area contributed by atoms with Gasteiger partial charge < -0.3 is 10.6 Å². The Bertz CT molecular complexity index is 185. The third kappa shape index (κ3) is 9.82. The van der Waals surface area contributed by atoms with Crippen LogP contribution in [0, 0.1) is 0 Å². The van der Waals surface area contributed by atoms with E-state index in [1.54, 1.807) is 11.8 Å². The molecule has 15 heavy (non-hydrogen) atoms. The number of amides is 1. The first-order valence-corrected chi connectivity index (χ1v) is 6.54. The van der Waals surface area contributed by atoms with Crippen LogP contribution in [0.4, 0.5) is 0 Å². The van der Waals surface area contributed by atoms with E-state index in [9.17, 15) is 4.79 Å². The molecule has 0 aliphatic heterocycles. The third-order valence-corrected chi connectivity index (χ3v) is 2.99. The second-order valence-electron chi connectivity index (χ2n) is 3.40. The van der Waals surface area contributed by atoms with Gasteiger partial charge in [-0.1, -0.05) is 13.0 Å². The minimum Gasteiger partial charge on any atom is -0.354 e. The van der Waals surface area contributed by atoms with Crippen LogP contribution in [0.1, 0.15) is 20.3 Å². The lowest BCUT2D eigenvalue weighted by atomic mass is 10.2. The number of hydrogen-bond acceptors (Lipinski definition) is 3. The zero-order valence-corrected chi connectivity index (χ0v) is 10.5. The maximum Gasteiger partial charge on any atom is 0.233 e. The maximum absolute atomic E-state index is 11.3. The average molecular weight is 230 g/mol. The van der Waals surface area contributed by atoms with Crippen molar-refractivity contribution in [1.82, 2.24) is 10.6 Å². The summed E-state index contributed by atoms with van der Waals surface area (Å²) < 4.78 is 0. The van der Waals surface area contributed by atoms with E-state index in [0.717, 1.165) is 24.5 Å². The molecule has 0 heterocycles. The molecule has 0 rings (SSSR count). The fraction of sp³-hybridized carbons (Fsp3) is 0.727. The van der Waals surface area contributed by atoms with Crippen LogP contribution in [0.3, 0.4) is 0 Å². The predicted octanol–water partition coefficient (Wildman–Crippen LogP) is 1.41. The first-order valence-electron chi connectivity index (χ1n) is 5.39. The lowest BCUT2D eigenvalue weighted by molar-refractivity contribution is -0.120. The molecular weight excluding hydrogens is 208 g/mol. The Kier molecular flexibility index (Phi) is 9.73. The molecule has 0 saturated carbocycles. The van der Waals surface area contributed by atoms with Gasteiger partial charge in [-0.2, -0.15) is 11.8 Å². The number of nitrogens with one attached hydrogen (secondary N) is 2. The quantitative estimate of drug-likeness (QED) is 0.465. The number of hydrogen-bond donors (Lipinski definition) is 2. The van der Waals surface area contributed by atoms with Gasteiger partial charge in [0, 0.05) is 24.1 Å². The zero-order chi connectivity index (χ0) is 11.5. The molecule has 1 amide bonds. The number of carbonyl (C=O) groups excluding carboxylic acids is 1. The largest absolute Gasteiger partial charge is 0.354 e. The van der Waals surface area contributed by atoms with Gasteiger partial charge in [0.15, 0.2) is 0 Å². The summed E-state index contributed by atoms with van der Waals surface area (Å²) in [5, 5.41) is 6.01. The average Bonchev–Trinajstić information content (AvgIpc) is 2.25. The van der Waals surface area contributed by atoms with Crippen molar-refractivity contribution < 1.29 is 4.79 Å². The van der Waals surface area contributed by atoms with Gasteiger partial charge in [-0.25, -0.2) is 0 Å². The van der Waals surface area contributed by atoms with Gasteiger partial charge in [0.1, 0.15) is 0 Å². The molecule has 0 saturated heterocycles. The topological polar surface area (TPSA) is 41.1 Å². The SMILES string of the molecule is C=CCSCCNC(=O)CNC(C)CC. The minimum absolute atomic E-state index is 0.0782. The molecule has 0 aromatic carbocycles. The Hall–Kier alpha value is -0.480. The van der Waals surface area contributed by atoms with Crippen LogP contribution >= 0.6 is 11.8 Å². The summed E-state index contributed by atoms with van der Waals surface area (Å²) in [6, 6.07) is 0.408. The second-order valence-corrected chi connectivity index (χ2v) is 4.55. The molecular formula is C11H22N2OS. The van der Waals surface area contributed by atoms with E-state index in [4.69, 9.17) is 0 Å². The molecule has 0 aliphatic rings. The third-order valence-electron chi connectivity index (χ3n) is 2.03. The van der Waals surface area contributed by atoms with Gasteiger partial charge in [0.25, 0.3) is 0 Å². The first kappa shape index (κ1) is 14.5. The molecule has 2 N–H and O–H groups in total. The number of thioether (sulfide) groups is 1. The predicted molar refractivity (Wildman–Crippen MR) is 68.3 cm³/mol. The van der Waals surface area contributed by atoms with E-state index < -0.39 is 0 Å². The van der Waals surface area contributed by atoms with Crippen LogP contribution in [-0.4, -0.2) is 36.5 Å². The number of rotatable bonds is 9. The standard InChI is InChI=1S/C11H22N2OS/c1-4-7-15-8-6-12-11(14)9-13-10(3)5-2/h4,10,13H,1,5-9H2,2-3H3,(H,12,14). The van der Waals surface area contributed by atoms with Crippen LogP contribution in [0.25, 0.3) is 0 Å². The Morgan fingerprint density at radius 2 is 2.33 bits per heavy atom.